The van der Waals surface area contributed by atoms with Gasteiger partial charge in [-0.3, -0.25) is 4.79 Å². The average Bonchev–Trinajstić information content (AvgIpc) is 2.39. The summed E-state index contributed by atoms with van der Waals surface area (Å²) < 4.78 is 5.09. The highest BCUT2D eigenvalue weighted by Gasteiger charge is 2.08. The molecule has 0 aliphatic carbocycles. The molecule has 98 valence electrons. The quantitative estimate of drug-likeness (QED) is 0.570. The Balaban J connectivity index is 2.45. The number of hydrogen-bond acceptors (Lipinski definition) is 3. The molecule has 1 amide bonds. The van der Waals surface area contributed by atoms with Crippen LogP contribution in [0.3, 0.4) is 0 Å². The maximum absolute atomic E-state index is 11.6. The van der Waals surface area contributed by atoms with E-state index in [1.165, 1.54) is 0 Å². The summed E-state index contributed by atoms with van der Waals surface area (Å²) in [4.78, 5) is 11.6. The van der Waals surface area contributed by atoms with Gasteiger partial charge in [-0.2, -0.15) is 0 Å². The number of carbonyl (C=O) groups excluding carboxylic acids is 1. The first-order valence-corrected chi connectivity index (χ1v) is 5.92. The molecule has 0 saturated heterocycles. The SMILES string of the molecule is C=CCNCC(=O)NC(C)c1ccc(OC)cc1. The van der Waals surface area contributed by atoms with E-state index in [0.717, 1.165) is 11.3 Å². The maximum Gasteiger partial charge on any atom is 0.234 e. The van der Waals surface area contributed by atoms with Crippen molar-refractivity contribution in [2.24, 2.45) is 0 Å². The highest BCUT2D eigenvalue weighted by molar-refractivity contribution is 5.78. The van der Waals surface area contributed by atoms with E-state index in [1.54, 1.807) is 13.2 Å². The minimum absolute atomic E-state index is 0.0195. The lowest BCUT2D eigenvalue weighted by molar-refractivity contribution is -0.120. The maximum atomic E-state index is 11.6. The predicted octanol–water partition coefficient (Wildman–Crippen LogP) is 1.65. The standard InChI is InChI=1S/C14H20N2O2/c1-4-9-15-10-14(17)16-11(2)12-5-7-13(18-3)8-6-12/h4-8,11,15H,1,9-10H2,2-3H3,(H,16,17). The number of ether oxygens (including phenoxy) is 1. The fourth-order valence-corrected chi connectivity index (χ4v) is 1.56. The third kappa shape index (κ3) is 4.59. The molecular weight excluding hydrogens is 228 g/mol. The van der Waals surface area contributed by atoms with Crippen LogP contribution in [0.15, 0.2) is 36.9 Å². The molecule has 1 aromatic carbocycles. The third-order valence-electron chi connectivity index (χ3n) is 2.57. The summed E-state index contributed by atoms with van der Waals surface area (Å²) in [6.07, 6.45) is 1.72. The van der Waals surface area contributed by atoms with Crippen LogP contribution in [-0.2, 0) is 4.79 Å². The number of rotatable bonds is 7. The molecule has 18 heavy (non-hydrogen) atoms. The van der Waals surface area contributed by atoms with Gasteiger partial charge in [-0.15, -0.1) is 6.58 Å². The lowest BCUT2D eigenvalue weighted by atomic mass is 10.1. The van der Waals surface area contributed by atoms with E-state index >= 15 is 0 Å². The molecule has 0 bridgehead atoms. The molecule has 1 rings (SSSR count). The van der Waals surface area contributed by atoms with Gasteiger partial charge in [-0.05, 0) is 24.6 Å². The van der Waals surface area contributed by atoms with Crippen molar-refractivity contribution >= 4 is 5.91 Å². The number of carbonyl (C=O) groups is 1. The fraction of sp³-hybridized carbons (Fsp3) is 0.357. The first kappa shape index (κ1) is 14.3. The second kappa shape index (κ2) is 7.50. The fourth-order valence-electron chi connectivity index (χ4n) is 1.56. The van der Waals surface area contributed by atoms with Crippen LogP contribution in [0.4, 0.5) is 0 Å². The molecule has 0 aliphatic heterocycles. The summed E-state index contributed by atoms with van der Waals surface area (Å²) in [5.41, 5.74) is 1.05. The van der Waals surface area contributed by atoms with E-state index in [-0.39, 0.29) is 11.9 Å². The van der Waals surface area contributed by atoms with Crippen molar-refractivity contribution < 1.29 is 9.53 Å². The van der Waals surface area contributed by atoms with Crippen molar-refractivity contribution in [3.8, 4) is 5.75 Å². The Bertz CT molecular complexity index is 387. The topological polar surface area (TPSA) is 50.4 Å². The van der Waals surface area contributed by atoms with E-state index in [1.807, 2.05) is 31.2 Å². The van der Waals surface area contributed by atoms with Gasteiger partial charge < -0.3 is 15.4 Å². The first-order chi connectivity index (χ1) is 8.67. The number of amides is 1. The zero-order valence-corrected chi connectivity index (χ0v) is 10.9. The smallest absolute Gasteiger partial charge is 0.234 e. The van der Waals surface area contributed by atoms with Gasteiger partial charge in [0.15, 0.2) is 0 Å². The summed E-state index contributed by atoms with van der Waals surface area (Å²) in [5, 5.41) is 5.88. The highest BCUT2D eigenvalue weighted by Crippen LogP contribution is 2.16. The van der Waals surface area contributed by atoms with Gasteiger partial charge >= 0.3 is 0 Å². The van der Waals surface area contributed by atoms with Crippen LogP contribution in [0.25, 0.3) is 0 Å². The molecular formula is C14H20N2O2. The van der Waals surface area contributed by atoms with Crippen LogP contribution >= 0.6 is 0 Å². The second-order valence-corrected chi connectivity index (χ2v) is 3.98. The Hall–Kier alpha value is -1.81. The Morgan fingerprint density at radius 3 is 2.67 bits per heavy atom. The minimum Gasteiger partial charge on any atom is -0.497 e. The van der Waals surface area contributed by atoms with E-state index in [2.05, 4.69) is 17.2 Å². The molecule has 0 spiro atoms. The van der Waals surface area contributed by atoms with E-state index < -0.39 is 0 Å². The van der Waals surface area contributed by atoms with Crippen LogP contribution in [0.1, 0.15) is 18.5 Å². The van der Waals surface area contributed by atoms with E-state index in [9.17, 15) is 4.79 Å². The molecule has 0 heterocycles. The lowest BCUT2D eigenvalue weighted by Crippen LogP contribution is -2.35. The Morgan fingerprint density at radius 1 is 1.44 bits per heavy atom. The minimum atomic E-state index is -0.0276. The molecule has 0 saturated carbocycles. The summed E-state index contributed by atoms with van der Waals surface area (Å²) in [6, 6.07) is 7.64. The lowest BCUT2D eigenvalue weighted by Gasteiger charge is -2.14. The van der Waals surface area contributed by atoms with Gasteiger partial charge in [0.1, 0.15) is 5.75 Å². The largest absolute Gasteiger partial charge is 0.497 e. The molecule has 2 N–H and O–H groups in total. The van der Waals surface area contributed by atoms with Crippen molar-refractivity contribution in [1.29, 1.82) is 0 Å². The number of benzene rings is 1. The average molecular weight is 248 g/mol. The van der Waals surface area contributed by atoms with Crippen molar-refractivity contribution in [2.45, 2.75) is 13.0 Å². The van der Waals surface area contributed by atoms with Crippen LogP contribution < -0.4 is 15.4 Å². The highest BCUT2D eigenvalue weighted by atomic mass is 16.5. The van der Waals surface area contributed by atoms with Crippen LogP contribution in [-0.4, -0.2) is 26.1 Å². The Labute approximate surface area is 108 Å². The molecule has 4 heteroatoms. The molecule has 0 fully saturated rings. The van der Waals surface area contributed by atoms with Crippen LogP contribution in [0.5, 0.6) is 5.75 Å². The van der Waals surface area contributed by atoms with Crippen molar-refractivity contribution in [1.82, 2.24) is 10.6 Å². The third-order valence-corrected chi connectivity index (χ3v) is 2.57. The van der Waals surface area contributed by atoms with Gasteiger partial charge in [0.25, 0.3) is 0 Å². The molecule has 4 nitrogen and oxygen atoms in total. The molecule has 0 aliphatic rings. The van der Waals surface area contributed by atoms with Gasteiger partial charge in [-0.25, -0.2) is 0 Å². The van der Waals surface area contributed by atoms with Crippen molar-refractivity contribution in [2.75, 3.05) is 20.2 Å². The predicted molar refractivity (Wildman–Crippen MR) is 72.6 cm³/mol. The molecule has 0 radical (unpaired) electrons. The Kier molecular flexibility index (Phi) is 5.94. The van der Waals surface area contributed by atoms with E-state index in [4.69, 9.17) is 4.74 Å². The number of hydrogen-bond donors (Lipinski definition) is 2. The summed E-state index contributed by atoms with van der Waals surface area (Å²) in [5.74, 6) is 0.782. The molecule has 1 unspecified atom stereocenters. The summed E-state index contributed by atoms with van der Waals surface area (Å²) >= 11 is 0. The zero-order chi connectivity index (χ0) is 13.4. The van der Waals surface area contributed by atoms with Crippen LogP contribution in [0.2, 0.25) is 0 Å². The summed E-state index contributed by atoms with van der Waals surface area (Å²) in [6.45, 7) is 6.46. The number of methoxy groups -OCH3 is 1. The monoisotopic (exact) mass is 248 g/mol. The van der Waals surface area contributed by atoms with Crippen molar-refractivity contribution in [3.63, 3.8) is 0 Å². The van der Waals surface area contributed by atoms with Gasteiger partial charge in [-0.1, -0.05) is 18.2 Å². The Morgan fingerprint density at radius 2 is 2.11 bits per heavy atom. The van der Waals surface area contributed by atoms with Crippen molar-refractivity contribution in [3.05, 3.63) is 42.5 Å². The zero-order valence-electron chi connectivity index (χ0n) is 10.9. The van der Waals surface area contributed by atoms with Crippen LogP contribution in [0, 0.1) is 0 Å². The second-order valence-electron chi connectivity index (χ2n) is 3.98. The van der Waals surface area contributed by atoms with E-state index in [0.29, 0.717) is 13.1 Å². The first-order valence-electron chi connectivity index (χ1n) is 5.92. The normalized spacial score (nSPS) is 11.7. The van der Waals surface area contributed by atoms with Gasteiger partial charge in [0, 0.05) is 6.54 Å². The summed E-state index contributed by atoms with van der Waals surface area (Å²) in [7, 11) is 1.63. The number of nitrogens with one attached hydrogen (secondary N) is 2. The molecule has 1 atom stereocenters. The molecule has 0 aromatic heterocycles. The van der Waals surface area contributed by atoms with Gasteiger partial charge in [0.2, 0.25) is 5.91 Å². The van der Waals surface area contributed by atoms with Gasteiger partial charge in [0.05, 0.1) is 19.7 Å². The molecule has 1 aromatic rings.